The highest BCUT2D eigenvalue weighted by Crippen LogP contribution is 2.17. The monoisotopic (exact) mass is 338 g/mol. The second-order valence-electron chi connectivity index (χ2n) is 5.61. The van der Waals surface area contributed by atoms with Crippen LogP contribution >= 0.6 is 0 Å². The SMILES string of the molecule is C=CCNC(=O)c1ccccc1NC(=O)[C@H](C)Oc1ccc(C)cc1. The fraction of sp³-hybridized carbons (Fsp3) is 0.200. The molecule has 25 heavy (non-hydrogen) atoms. The first kappa shape index (κ1) is 18.3. The molecule has 2 amide bonds. The Bertz CT molecular complexity index is 754. The lowest BCUT2D eigenvalue weighted by Crippen LogP contribution is -2.31. The van der Waals surface area contributed by atoms with Gasteiger partial charge in [-0.15, -0.1) is 6.58 Å². The summed E-state index contributed by atoms with van der Waals surface area (Å²) in [4.78, 5) is 24.5. The summed E-state index contributed by atoms with van der Waals surface area (Å²) in [5.74, 6) is 0.0118. The Kier molecular flexibility index (Phi) is 6.34. The number of aryl methyl sites for hydroxylation is 1. The Balaban J connectivity index is 2.05. The molecule has 0 saturated carbocycles. The number of anilines is 1. The van der Waals surface area contributed by atoms with Crippen molar-refractivity contribution in [3.63, 3.8) is 0 Å². The van der Waals surface area contributed by atoms with E-state index in [2.05, 4.69) is 17.2 Å². The zero-order valence-corrected chi connectivity index (χ0v) is 14.4. The van der Waals surface area contributed by atoms with E-state index in [0.717, 1.165) is 5.56 Å². The molecule has 0 spiro atoms. The minimum Gasteiger partial charge on any atom is -0.481 e. The molecule has 2 aromatic carbocycles. The molecular weight excluding hydrogens is 316 g/mol. The van der Waals surface area contributed by atoms with Gasteiger partial charge in [0.1, 0.15) is 5.75 Å². The maximum absolute atomic E-state index is 12.4. The summed E-state index contributed by atoms with van der Waals surface area (Å²) in [5, 5.41) is 5.45. The van der Waals surface area contributed by atoms with Crippen LogP contribution in [0, 0.1) is 6.92 Å². The van der Waals surface area contributed by atoms with Crippen molar-refractivity contribution in [2.45, 2.75) is 20.0 Å². The molecule has 0 aliphatic heterocycles. The largest absolute Gasteiger partial charge is 0.481 e. The Labute approximate surface area is 147 Å². The third-order valence-electron chi connectivity index (χ3n) is 3.54. The van der Waals surface area contributed by atoms with E-state index < -0.39 is 6.10 Å². The van der Waals surface area contributed by atoms with E-state index in [-0.39, 0.29) is 11.8 Å². The van der Waals surface area contributed by atoms with E-state index in [4.69, 9.17) is 4.74 Å². The lowest BCUT2D eigenvalue weighted by molar-refractivity contribution is -0.122. The van der Waals surface area contributed by atoms with Gasteiger partial charge in [-0.2, -0.15) is 0 Å². The first-order valence-corrected chi connectivity index (χ1v) is 8.03. The number of ether oxygens (including phenoxy) is 1. The number of carbonyl (C=O) groups is 2. The number of para-hydroxylation sites is 1. The fourth-order valence-electron chi connectivity index (χ4n) is 2.16. The smallest absolute Gasteiger partial charge is 0.265 e. The van der Waals surface area contributed by atoms with E-state index in [1.807, 2.05) is 31.2 Å². The number of rotatable bonds is 7. The van der Waals surface area contributed by atoms with Gasteiger partial charge in [0.15, 0.2) is 6.10 Å². The third kappa shape index (κ3) is 5.21. The van der Waals surface area contributed by atoms with Gasteiger partial charge in [0, 0.05) is 6.54 Å². The van der Waals surface area contributed by atoms with Crippen LogP contribution in [0.25, 0.3) is 0 Å². The molecule has 0 aliphatic rings. The third-order valence-corrected chi connectivity index (χ3v) is 3.54. The van der Waals surface area contributed by atoms with Crippen molar-refractivity contribution in [2.75, 3.05) is 11.9 Å². The van der Waals surface area contributed by atoms with Gasteiger partial charge in [-0.3, -0.25) is 9.59 Å². The standard InChI is InChI=1S/C20H22N2O3/c1-4-13-21-20(24)17-7-5-6-8-18(17)22-19(23)15(3)25-16-11-9-14(2)10-12-16/h4-12,15H,1,13H2,2-3H3,(H,21,24)(H,22,23)/t15-/m0/s1. The van der Waals surface area contributed by atoms with Crippen LogP contribution in [0.5, 0.6) is 5.75 Å². The number of amides is 2. The molecule has 0 heterocycles. The predicted molar refractivity (Wildman–Crippen MR) is 98.9 cm³/mol. The summed E-state index contributed by atoms with van der Waals surface area (Å²) < 4.78 is 5.64. The molecule has 2 N–H and O–H groups in total. The maximum atomic E-state index is 12.4. The van der Waals surface area contributed by atoms with Gasteiger partial charge in [-0.1, -0.05) is 35.9 Å². The summed E-state index contributed by atoms with van der Waals surface area (Å²) in [7, 11) is 0. The van der Waals surface area contributed by atoms with Crippen LogP contribution in [0.3, 0.4) is 0 Å². The van der Waals surface area contributed by atoms with Gasteiger partial charge in [0.25, 0.3) is 11.8 Å². The van der Waals surface area contributed by atoms with E-state index in [1.54, 1.807) is 37.3 Å². The van der Waals surface area contributed by atoms with Gasteiger partial charge >= 0.3 is 0 Å². The van der Waals surface area contributed by atoms with E-state index in [9.17, 15) is 9.59 Å². The van der Waals surface area contributed by atoms with Crippen molar-refractivity contribution in [3.05, 3.63) is 72.3 Å². The molecule has 1 atom stereocenters. The van der Waals surface area contributed by atoms with E-state index in [0.29, 0.717) is 23.5 Å². The summed E-state index contributed by atoms with van der Waals surface area (Å²) >= 11 is 0. The van der Waals surface area contributed by atoms with Crippen LogP contribution in [0.2, 0.25) is 0 Å². The van der Waals surface area contributed by atoms with Crippen molar-refractivity contribution < 1.29 is 14.3 Å². The molecule has 0 saturated heterocycles. The highest BCUT2D eigenvalue weighted by Gasteiger charge is 2.18. The topological polar surface area (TPSA) is 67.4 Å². The Morgan fingerprint density at radius 1 is 1.16 bits per heavy atom. The van der Waals surface area contributed by atoms with Crippen molar-refractivity contribution in [2.24, 2.45) is 0 Å². The van der Waals surface area contributed by atoms with Crippen LogP contribution < -0.4 is 15.4 Å². The van der Waals surface area contributed by atoms with E-state index in [1.165, 1.54) is 0 Å². The molecule has 0 fully saturated rings. The van der Waals surface area contributed by atoms with Crippen molar-refractivity contribution >= 4 is 17.5 Å². The number of carbonyl (C=O) groups excluding carboxylic acids is 2. The average molecular weight is 338 g/mol. The molecule has 0 radical (unpaired) electrons. The van der Waals surface area contributed by atoms with Gasteiger partial charge in [0.2, 0.25) is 0 Å². The highest BCUT2D eigenvalue weighted by molar-refractivity contribution is 6.04. The van der Waals surface area contributed by atoms with Gasteiger partial charge in [0.05, 0.1) is 11.3 Å². The summed E-state index contributed by atoms with van der Waals surface area (Å²) in [5.41, 5.74) is 1.94. The zero-order valence-electron chi connectivity index (χ0n) is 14.4. The lowest BCUT2D eigenvalue weighted by Gasteiger charge is -2.16. The quantitative estimate of drug-likeness (QED) is 0.761. The van der Waals surface area contributed by atoms with E-state index >= 15 is 0 Å². The molecule has 0 unspecified atom stereocenters. The highest BCUT2D eigenvalue weighted by atomic mass is 16.5. The normalized spacial score (nSPS) is 11.3. The second-order valence-corrected chi connectivity index (χ2v) is 5.61. The second kappa shape index (κ2) is 8.68. The Morgan fingerprint density at radius 3 is 2.52 bits per heavy atom. The van der Waals surface area contributed by atoms with Crippen LogP contribution in [-0.4, -0.2) is 24.5 Å². The molecule has 5 nitrogen and oxygen atoms in total. The van der Waals surface area contributed by atoms with Crippen LogP contribution in [0.15, 0.2) is 61.2 Å². The predicted octanol–water partition coefficient (Wildman–Crippen LogP) is 3.32. The van der Waals surface area contributed by atoms with Gasteiger partial charge in [-0.05, 0) is 38.1 Å². The Morgan fingerprint density at radius 2 is 1.84 bits per heavy atom. The number of hydrogen-bond acceptors (Lipinski definition) is 3. The molecule has 0 aromatic heterocycles. The first-order valence-electron chi connectivity index (χ1n) is 8.03. The lowest BCUT2D eigenvalue weighted by atomic mass is 10.1. The average Bonchev–Trinajstić information content (AvgIpc) is 2.62. The van der Waals surface area contributed by atoms with Gasteiger partial charge < -0.3 is 15.4 Å². The molecule has 130 valence electrons. The molecular formula is C20H22N2O3. The molecule has 2 aromatic rings. The van der Waals surface area contributed by atoms with Crippen molar-refractivity contribution in [3.8, 4) is 5.75 Å². The fourth-order valence-corrected chi connectivity index (χ4v) is 2.16. The summed E-state index contributed by atoms with van der Waals surface area (Å²) in [6.07, 6.45) is 0.892. The minimum absolute atomic E-state index is 0.275. The number of hydrogen-bond donors (Lipinski definition) is 2. The van der Waals surface area contributed by atoms with Crippen LogP contribution in [0.1, 0.15) is 22.8 Å². The molecule has 5 heteroatoms. The Hall–Kier alpha value is -3.08. The summed E-state index contributed by atoms with van der Waals surface area (Å²) in [6.45, 7) is 7.56. The number of benzene rings is 2. The molecule has 2 rings (SSSR count). The van der Waals surface area contributed by atoms with Crippen molar-refractivity contribution in [1.29, 1.82) is 0 Å². The first-order chi connectivity index (χ1) is 12.0. The number of nitrogens with one attached hydrogen (secondary N) is 2. The van der Waals surface area contributed by atoms with Gasteiger partial charge in [-0.25, -0.2) is 0 Å². The zero-order chi connectivity index (χ0) is 18.2. The van der Waals surface area contributed by atoms with Crippen molar-refractivity contribution in [1.82, 2.24) is 5.32 Å². The van der Waals surface area contributed by atoms with Crippen LogP contribution in [0.4, 0.5) is 5.69 Å². The maximum Gasteiger partial charge on any atom is 0.265 e. The minimum atomic E-state index is -0.702. The molecule has 0 bridgehead atoms. The molecule has 0 aliphatic carbocycles. The van der Waals surface area contributed by atoms with Crippen LogP contribution in [-0.2, 0) is 4.79 Å². The summed E-state index contributed by atoms with van der Waals surface area (Å²) in [6, 6.07) is 14.3.